The van der Waals surface area contributed by atoms with Crippen LogP contribution in [0, 0.1) is 0 Å². The molecule has 7 heteroatoms. The number of amides is 1. The fraction of sp³-hybridized carbons (Fsp3) is 0.158. The molecule has 0 atom stereocenters. The number of benzene rings is 2. The Morgan fingerprint density at radius 3 is 2.58 bits per heavy atom. The molecule has 1 saturated carbocycles. The van der Waals surface area contributed by atoms with Gasteiger partial charge in [0.25, 0.3) is 10.0 Å². The van der Waals surface area contributed by atoms with E-state index < -0.39 is 21.3 Å². The van der Waals surface area contributed by atoms with Gasteiger partial charge in [0.15, 0.2) is 0 Å². The second-order valence-corrected chi connectivity index (χ2v) is 8.92. The van der Waals surface area contributed by atoms with Gasteiger partial charge in [-0.15, -0.1) is 0 Å². The van der Waals surface area contributed by atoms with Gasteiger partial charge in [-0.3, -0.25) is 9.78 Å². The van der Waals surface area contributed by atoms with Crippen LogP contribution in [0.4, 0.5) is 0 Å². The van der Waals surface area contributed by atoms with E-state index in [1.165, 1.54) is 6.07 Å². The fourth-order valence-electron chi connectivity index (χ4n) is 3.14. The highest BCUT2D eigenvalue weighted by Gasteiger charge is 2.52. The SMILES string of the molecule is O=C(NS(=O)(=O)c1cccc2ncccc12)C1(c2cccc(Br)c2)CC1. The summed E-state index contributed by atoms with van der Waals surface area (Å²) in [6.07, 6.45) is 2.85. The highest BCUT2D eigenvalue weighted by atomic mass is 79.9. The molecule has 1 fully saturated rings. The Kier molecular flexibility index (Phi) is 4.08. The van der Waals surface area contributed by atoms with Crippen molar-refractivity contribution in [3.63, 3.8) is 0 Å². The number of pyridine rings is 1. The molecule has 132 valence electrons. The van der Waals surface area contributed by atoms with Gasteiger partial charge in [-0.2, -0.15) is 0 Å². The van der Waals surface area contributed by atoms with Gasteiger partial charge in [0.2, 0.25) is 5.91 Å². The van der Waals surface area contributed by atoms with E-state index in [1.54, 1.807) is 30.5 Å². The first-order chi connectivity index (χ1) is 12.4. The zero-order valence-electron chi connectivity index (χ0n) is 13.6. The summed E-state index contributed by atoms with van der Waals surface area (Å²) < 4.78 is 28.9. The van der Waals surface area contributed by atoms with Crippen LogP contribution in [-0.2, 0) is 20.2 Å². The van der Waals surface area contributed by atoms with Crippen LogP contribution < -0.4 is 4.72 Å². The molecule has 1 heterocycles. The molecular formula is C19H15BrN2O3S. The number of fused-ring (bicyclic) bond motifs is 1. The third kappa shape index (κ3) is 2.91. The molecule has 4 rings (SSSR count). The standard InChI is InChI=1S/C19H15BrN2O3S/c20-14-5-1-4-13(12-14)19(9-10-19)18(23)22-26(24,25)17-8-2-7-16-15(17)6-3-11-21-16/h1-8,11-12H,9-10H2,(H,22,23). The molecular weight excluding hydrogens is 416 g/mol. The maximum Gasteiger partial charge on any atom is 0.264 e. The third-order valence-corrected chi connectivity index (χ3v) is 6.57. The summed E-state index contributed by atoms with van der Waals surface area (Å²) in [4.78, 5) is 17.1. The van der Waals surface area contributed by atoms with Gasteiger partial charge in [0, 0.05) is 16.1 Å². The number of nitrogens with zero attached hydrogens (tertiary/aromatic N) is 1. The lowest BCUT2D eigenvalue weighted by molar-refractivity contribution is -0.121. The predicted molar refractivity (Wildman–Crippen MR) is 102 cm³/mol. The van der Waals surface area contributed by atoms with E-state index in [0.29, 0.717) is 23.7 Å². The molecule has 0 bridgehead atoms. The van der Waals surface area contributed by atoms with Gasteiger partial charge in [-0.1, -0.05) is 34.1 Å². The Morgan fingerprint density at radius 2 is 1.85 bits per heavy atom. The number of aromatic nitrogens is 1. The second-order valence-electron chi connectivity index (χ2n) is 6.35. The first kappa shape index (κ1) is 17.2. The number of hydrogen-bond donors (Lipinski definition) is 1. The molecule has 26 heavy (non-hydrogen) atoms. The lowest BCUT2D eigenvalue weighted by Crippen LogP contribution is -2.38. The minimum Gasteiger partial charge on any atom is -0.273 e. The third-order valence-electron chi connectivity index (χ3n) is 4.68. The van der Waals surface area contributed by atoms with E-state index in [4.69, 9.17) is 0 Å². The molecule has 0 spiro atoms. The van der Waals surface area contributed by atoms with E-state index >= 15 is 0 Å². The summed E-state index contributed by atoms with van der Waals surface area (Å²) in [5, 5.41) is 0.489. The smallest absolute Gasteiger partial charge is 0.264 e. The first-order valence-electron chi connectivity index (χ1n) is 8.09. The summed E-state index contributed by atoms with van der Waals surface area (Å²) in [6.45, 7) is 0. The normalized spacial score (nSPS) is 15.6. The van der Waals surface area contributed by atoms with E-state index in [-0.39, 0.29) is 4.90 Å². The van der Waals surface area contributed by atoms with Crippen molar-refractivity contribution in [3.05, 3.63) is 70.8 Å². The van der Waals surface area contributed by atoms with Gasteiger partial charge < -0.3 is 0 Å². The summed E-state index contributed by atoms with van der Waals surface area (Å²) in [5.74, 6) is -0.489. The number of sulfonamides is 1. The molecule has 1 aromatic heterocycles. The number of nitrogens with one attached hydrogen (secondary N) is 1. The van der Waals surface area contributed by atoms with Crippen LogP contribution in [0.5, 0.6) is 0 Å². The highest BCUT2D eigenvalue weighted by Crippen LogP contribution is 2.49. The molecule has 2 aromatic carbocycles. The van der Waals surface area contributed by atoms with Crippen molar-refractivity contribution < 1.29 is 13.2 Å². The maximum atomic E-state index is 12.9. The van der Waals surface area contributed by atoms with Gasteiger partial charge in [-0.25, -0.2) is 13.1 Å². The predicted octanol–water partition coefficient (Wildman–Crippen LogP) is 3.53. The van der Waals surface area contributed by atoms with E-state index in [0.717, 1.165) is 10.0 Å². The molecule has 0 unspecified atom stereocenters. The number of rotatable bonds is 4. The summed E-state index contributed by atoms with van der Waals surface area (Å²) in [6, 6.07) is 15.6. The Bertz CT molecular complexity index is 1120. The Labute approximate surface area is 159 Å². The zero-order valence-corrected chi connectivity index (χ0v) is 16.0. The van der Waals surface area contributed by atoms with Gasteiger partial charge in [-0.05, 0) is 54.8 Å². The fourth-order valence-corrected chi connectivity index (χ4v) is 4.81. The highest BCUT2D eigenvalue weighted by molar-refractivity contribution is 9.10. The minimum atomic E-state index is -4.00. The monoisotopic (exact) mass is 430 g/mol. The van der Waals surface area contributed by atoms with E-state index in [9.17, 15) is 13.2 Å². The minimum absolute atomic E-state index is 0.0569. The van der Waals surface area contributed by atoms with Crippen molar-refractivity contribution >= 4 is 42.8 Å². The van der Waals surface area contributed by atoms with E-state index in [1.807, 2.05) is 24.3 Å². The van der Waals surface area contributed by atoms with Gasteiger partial charge >= 0.3 is 0 Å². The molecule has 5 nitrogen and oxygen atoms in total. The molecule has 0 radical (unpaired) electrons. The Morgan fingerprint density at radius 1 is 1.08 bits per heavy atom. The lowest BCUT2D eigenvalue weighted by atomic mass is 9.95. The molecule has 1 aliphatic rings. The number of carbonyl (C=O) groups excluding carboxylic acids is 1. The van der Waals surface area contributed by atoms with Gasteiger partial charge in [0.05, 0.1) is 15.8 Å². The summed E-state index contributed by atoms with van der Waals surface area (Å²) >= 11 is 3.40. The van der Waals surface area contributed by atoms with Crippen LogP contribution in [-0.4, -0.2) is 19.3 Å². The average molecular weight is 431 g/mol. The van der Waals surface area contributed by atoms with Crippen LogP contribution in [0.15, 0.2) is 70.2 Å². The zero-order chi connectivity index (χ0) is 18.4. The first-order valence-corrected chi connectivity index (χ1v) is 10.4. The Hall–Kier alpha value is -2.25. The van der Waals surface area contributed by atoms with Crippen molar-refractivity contribution in [1.82, 2.24) is 9.71 Å². The van der Waals surface area contributed by atoms with Crippen LogP contribution in [0.3, 0.4) is 0 Å². The van der Waals surface area contributed by atoms with E-state index in [2.05, 4.69) is 25.6 Å². The van der Waals surface area contributed by atoms with Crippen molar-refractivity contribution in [2.75, 3.05) is 0 Å². The largest absolute Gasteiger partial charge is 0.273 e. The maximum absolute atomic E-state index is 12.9. The average Bonchev–Trinajstić information content (AvgIpc) is 3.43. The number of halogens is 1. The molecule has 1 amide bonds. The van der Waals surface area contributed by atoms with Crippen molar-refractivity contribution in [1.29, 1.82) is 0 Å². The van der Waals surface area contributed by atoms with Crippen LogP contribution >= 0.6 is 15.9 Å². The Balaban J connectivity index is 1.69. The molecule has 0 aliphatic heterocycles. The topological polar surface area (TPSA) is 76.1 Å². The lowest BCUT2D eigenvalue weighted by Gasteiger charge is -2.17. The van der Waals surface area contributed by atoms with Crippen molar-refractivity contribution in [2.24, 2.45) is 0 Å². The van der Waals surface area contributed by atoms with Crippen LogP contribution in [0.2, 0.25) is 0 Å². The number of carbonyl (C=O) groups is 1. The molecule has 0 saturated heterocycles. The van der Waals surface area contributed by atoms with Crippen molar-refractivity contribution in [2.45, 2.75) is 23.2 Å². The van der Waals surface area contributed by atoms with Crippen molar-refractivity contribution in [3.8, 4) is 0 Å². The molecule has 3 aromatic rings. The quantitative estimate of drug-likeness (QED) is 0.686. The molecule has 1 N–H and O–H groups in total. The number of hydrogen-bond acceptors (Lipinski definition) is 4. The summed E-state index contributed by atoms with van der Waals surface area (Å²) in [5.41, 5.74) is 0.606. The van der Waals surface area contributed by atoms with Crippen LogP contribution in [0.1, 0.15) is 18.4 Å². The summed E-state index contributed by atoms with van der Waals surface area (Å²) in [7, 11) is -4.00. The van der Waals surface area contributed by atoms with Gasteiger partial charge in [0.1, 0.15) is 0 Å². The second kappa shape index (κ2) is 6.17. The molecule has 1 aliphatic carbocycles. The van der Waals surface area contributed by atoms with Crippen LogP contribution in [0.25, 0.3) is 10.9 Å².